The minimum atomic E-state index is 0. The van der Waals surface area contributed by atoms with Crippen LogP contribution in [0.2, 0.25) is 0 Å². The summed E-state index contributed by atoms with van der Waals surface area (Å²) in [6, 6.07) is 0. The van der Waals surface area contributed by atoms with Crippen molar-refractivity contribution in [2.24, 2.45) is 0 Å². The van der Waals surface area contributed by atoms with Crippen molar-refractivity contribution in [3.8, 4) is 0 Å². The minimum Gasteiger partial charge on any atom is -1.00 e. The molecule has 4 heavy (non-hydrogen) atoms. The molecule has 0 aliphatic heterocycles. The zero-order valence-electron chi connectivity index (χ0n) is 1.87. The average molecular weight is 195 g/mol. The van der Waals surface area contributed by atoms with Crippen LogP contribution < -0.4 is 24.8 Å². The van der Waals surface area contributed by atoms with Gasteiger partial charge in [0.15, 0.2) is 0 Å². The van der Waals surface area contributed by atoms with E-state index in [0.29, 0.717) is 0 Å². The molecule has 0 aromatic carbocycles. The van der Waals surface area contributed by atoms with Gasteiger partial charge in [0.1, 0.15) is 0 Å². The van der Waals surface area contributed by atoms with Gasteiger partial charge in [-0.1, -0.05) is 0 Å². The molecule has 0 amide bonds. The fourth-order valence-corrected chi connectivity index (χ4v) is 0. The fraction of sp³-hybridized carbons (Fsp3) is 0. The van der Waals surface area contributed by atoms with Crippen LogP contribution in [0.3, 0.4) is 0 Å². The van der Waals surface area contributed by atoms with Gasteiger partial charge in [-0.2, -0.15) is 0 Å². The van der Waals surface area contributed by atoms with Crippen molar-refractivity contribution in [1.29, 1.82) is 0 Å². The van der Waals surface area contributed by atoms with Crippen LogP contribution in [0.5, 0.6) is 0 Å². The first-order valence-corrected chi connectivity index (χ1v) is 0. The normalized spacial score (nSPS) is 0. The molecule has 0 aromatic heterocycles. The summed E-state index contributed by atoms with van der Waals surface area (Å²) in [7, 11) is 0. The fourth-order valence-electron chi connectivity index (χ4n) is 0. The Balaban J connectivity index is 0. The summed E-state index contributed by atoms with van der Waals surface area (Å²) < 4.78 is 0. The smallest absolute Gasteiger partial charge is 1.00 e. The summed E-state index contributed by atoms with van der Waals surface area (Å²) in [5.74, 6) is 0. The van der Waals surface area contributed by atoms with Crippen LogP contribution in [0, 0.1) is 0 Å². The maximum absolute atomic E-state index is 0. The standard InChI is InChI=1S/3ClH.Sr/h3*1H;/q;;;+2/p-2. The second-order valence-electron chi connectivity index (χ2n) is 0. The van der Waals surface area contributed by atoms with Crippen LogP contribution in [-0.2, 0) is 0 Å². The van der Waals surface area contributed by atoms with Crippen LogP contribution in [0.1, 0.15) is 0 Å². The largest absolute Gasteiger partial charge is 2.00 e. The van der Waals surface area contributed by atoms with Gasteiger partial charge in [0, 0.05) is 0 Å². The molecule has 24 valence electrons. The van der Waals surface area contributed by atoms with Gasteiger partial charge >= 0.3 is 45.5 Å². The van der Waals surface area contributed by atoms with E-state index < -0.39 is 0 Å². The Hall–Kier alpha value is 2.35. The topological polar surface area (TPSA) is 0 Å². The second kappa shape index (κ2) is 18.3. The van der Waals surface area contributed by atoms with Gasteiger partial charge in [0.05, 0.1) is 0 Å². The quantitative estimate of drug-likeness (QED) is 0.337. The van der Waals surface area contributed by atoms with Gasteiger partial charge in [0.25, 0.3) is 0 Å². The Bertz CT molecular complexity index is 3.25. The van der Waals surface area contributed by atoms with Crippen molar-refractivity contribution in [2.75, 3.05) is 0 Å². The molecule has 0 N–H and O–H groups in total. The monoisotopic (exact) mass is 194 g/mol. The number of hydrogen-bond donors (Lipinski definition) is 0. The van der Waals surface area contributed by atoms with Crippen molar-refractivity contribution >= 4 is 57.9 Å². The summed E-state index contributed by atoms with van der Waals surface area (Å²) in [5, 5.41) is 0. The molecule has 0 saturated heterocycles. The first-order chi connectivity index (χ1) is 0. The molecule has 0 unspecified atom stereocenters. The van der Waals surface area contributed by atoms with Crippen molar-refractivity contribution < 1.29 is 24.8 Å². The molecule has 4 heteroatoms. The molecule has 0 radical (unpaired) electrons. The van der Waals surface area contributed by atoms with Crippen LogP contribution in [0.15, 0.2) is 0 Å². The molecule has 0 fully saturated rings. The Labute approximate surface area is 81.2 Å². The van der Waals surface area contributed by atoms with E-state index in [2.05, 4.69) is 0 Å². The molecule has 0 aliphatic rings. The molecular weight excluding hydrogens is 194 g/mol. The van der Waals surface area contributed by atoms with Crippen LogP contribution in [0.4, 0.5) is 0 Å². The Morgan fingerprint density at radius 1 is 0.750 bits per heavy atom. The molecular formula is HCl3Sr. The summed E-state index contributed by atoms with van der Waals surface area (Å²) >= 11 is 0. The van der Waals surface area contributed by atoms with Crippen molar-refractivity contribution in [1.82, 2.24) is 0 Å². The number of halogens is 3. The van der Waals surface area contributed by atoms with E-state index in [1.807, 2.05) is 0 Å². The van der Waals surface area contributed by atoms with E-state index in [1.165, 1.54) is 0 Å². The summed E-state index contributed by atoms with van der Waals surface area (Å²) in [4.78, 5) is 0. The van der Waals surface area contributed by atoms with E-state index in [-0.39, 0.29) is 82.7 Å². The van der Waals surface area contributed by atoms with Gasteiger partial charge in [-0.05, 0) is 0 Å². The molecule has 0 atom stereocenters. The molecule has 0 saturated carbocycles. The molecule has 0 rings (SSSR count). The van der Waals surface area contributed by atoms with E-state index in [4.69, 9.17) is 0 Å². The number of hydrogen-bond acceptors (Lipinski definition) is 0. The van der Waals surface area contributed by atoms with E-state index in [0.717, 1.165) is 0 Å². The van der Waals surface area contributed by atoms with E-state index >= 15 is 0 Å². The average Bonchev–Trinajstić information content (AvgIpc) is 0. The van der Waals surface area contributed by atoms with Gasteiger partial charge in [-0.3, -0.25) is 0 Å². The van der Waals surface area contributed by atoms with Crippen molar-refractivity contribution in [3.63, 3.8) is 0 Å². The molecule has 0 spiro atoms. The molecule has 0 aromatic rings. The maximum Gasteiger partial charge on any atom is 2.00 e. The molecule has 0 heterocycles. The van der Waals surface area contributed by atoms with Crippen molar-refractivity contribution in [2.45, 2.75) is 0 Å². The van der Waals surface area contributed by atoms with E-state index in [1.54, 1.807) is 0 Å². The van der Waals surface area contributed by atoms with Gasteiger partial charge in [-0.25, -0.2) is 0 Å². The summed E-state index contributed by atoms with van der Waals surface area (Å²) in [5.41, 5.74) is 0. The SMILES string of the molecule is Cl.[Cl-].[Cl-].[Sr+2]. The first-order valence-electron chi connectivity index (χ1n) is 0. The Kier molecular flexibility index (Phi) is 151. The van der Waals surface area contributed by atoms with Crippen LogP contribution in [-0.4, -0.2) is 45.5 Å². The van der Waals surface area contributed by atoms with E-state index in [9.17, 15) is 0 Å². The van der Waals surface area contributed by atoms with Gasteiger partial charge in [-0.15, -0.1) is 12.4 Å². The zero-order chi connectivity index (χ0) is 0. The molecule has 0 aliphatic carbocycles. The molecule has 0 nitrogen and oxygen atoms in total. The number of rotatable bonds is 0. The minimum absolute atomic E-state index is 0. The third-order valence-corrected chi connectivity index (χ3v) is 0. The van der Waals surface area contributed by atoms with Crippen LogP contribution in [0.25, 0.3) is 0 Å². The Morgan fingerprint density at radius 3 is 0.750 bits per heavy atom. The van der Waals surface area contributed by atoms with Gasteiger partial charge < -0.3 is 24.8 Å². The zero-order valence-corrected chi connectivity index (χ0v) is 7.68. The first kappa shape index (κ1) is 32.9. The Morgan fingerprint density at radius 2 is 0.750 bits per heavy atom. The predicted octanol–water partition coefficient (Wildman–Crippen LogP) is -5.95. The van der Waals surface area contributed by atoms with Gasteiger partial charge in [0.2, 0.25) is 0 Å². The third kappa shape index (κ3) is 8.84. The second-order valence-corrected chi connectivity index (χ2v) is 0. The third-order valence-electron chi connectivity index (χ3n) is 0. The summed E-state index contributed by atoms with van der Waals surface area (Å²) in [6.07, 6.45) is 0. The summed E-state index contributed by atoms with van der Waals surface area (Å²) in [6.45, 7) is 0. The maximum atomic E-state index is 0. The van der Waals surface area contributed by atoms with Crippen LogP contribution >= 0.6 is 12.4 Å². The predicted molar refractivity (Wildman–Crippen MR) is 13.0 cm³/mol. The molecule has 0 bridgehead atoms. The van der Waals surface area contributed by atoms with Crippen molar-refractivity contribution in [3.05, 3.63) is 0 Å².